The van der Waals surface area contributed by atoms with Crippen LogP contribution in [0.5, 0.6) is 0 Å². The lowest BCUT2D eigenvalue weighted by atomic mass is 9.65. The van der Waals surface area contributed by atoms with Gasteiger partial charge in [-0.2, -0.15) is 0 Å². The van der Waals surface area contributed by atoms with Gasteiger partial charge in [0.25, 0.3) is 0 Å². The fourth-order valence-electron chi connectivity index (χ4n) is 4.29. The Hall–Kier alpha value is -0.120. The molecule has 0 aromatic carbocycles. The number of aliphatic hydroxyl groups is 1. The normalized spacial score (nSPS) is 40.4. The molecule has 1 saturated heterocycles. The van der Waals surface area contributed by atoms with Crippen LogP contribution in [0.2, 0.25) is 0 Å². The zero-order chi connectivity index (χ0) is 14.9. The molecule has 2 aliphatic rings. The summed E-state index contributed by atoms with van der Waals surface area (Å²) in [7, 11) is 0. The van der Waals surface area contributed by atoms with E-state index in [-0.39, 0.29) is 5.41 Å². The predicted molar refractivity (Wildman–Crippen MR) is 82.5 cm³/mol. The molecule has 0 bridgehead atoms. The van der Waals surface area contributed by atoms with E-state index in [1.165, 1.54) is 6.42 Å². The molecule has 0 amide bonds. The van der Waals surface area contributed by atoms with Crippen molar-refractivity contribution < 1.29 is 9.84 Å². The molecule has 3 nitrogen and oxygen atoms in total. The Kier molecular flexibility index (Phi) is 4.83. The Bertz CT molecular complexity index is 317. The first-order valence-electron chi connectivity index (χ1n) is 8.33. The van der Waals surface area contributed by atoms with E-state index in [1.54, 1.807) is 0 Å². The fraction of sp³-hybridized carbons (Fsp3) is 1.00. The predicted octanol–water partition coefficient (Wildman–Crippen LogP) is 3.10. The van der Waals surface area contributed by atoms with E-state index in [2.05, 4.69) is 20.8 Å². The Morgan fingerprint density at radius 1 is 1.15 bits per heavy atom. The largest absolute Gasteiger partial charge is 0.389 e. The highest BCUT2D eigenvalue weighted by molar-refractivity contribution is 5.02. The Morgan fingerprint density at radius 3 is 2.45 bits per heavy atom. The van der Waals surface area contributed by atoms with Crippen LogP contribution >= 0.6 is 0 Å². The van der Waals surface area contributed by atoms with E-state index in [0.717, 1.165) is 45.1 Å². The minimum Gasteiger partial charge on any atom is -0.389 e. The van der Waals surface area contributed by atoms with Crippen molar-refractivity contribution in [2.75, 3.05) is 19.8 Å². The molecule has 3 N–H and O–H groups in total. The SMILES string of the molecule is CC(C)(C)C1CCCC(O)(C2(CN)CCCOC2)CC1. The van der Waals surface area contributed by atoms with Gasteiger partial charge in [-0.25, -0.2) is 0 Å². The van der Waals surface area contributed by atoms with Crippen LogP contribution in [0.25, 0.3) is 0 Å². The van der Waals surface area contributed by atoms with Crippen molar-refractivity contribution in [3.63, 3.8) is 0 Å². The highest BCUT2D eigenvalue weighted by Crippen LogP contribution is 2.48. The standard InChI is InChI=1S/C17H33NO2/c1-15(2,3)14-6-4-9-17(19,10-7-14)16(12-18)8-5-11-20-13-16/h14,19H,4-13,18H2,1-3H3. The Balaban J connectivity index is 2.13. The van der Waals surface area contributed by atoms with E-state index >= 15 is 0 Å². The topological polar surface area (TPSA) is 55.5 Å². The molecule has 0 aromatic heterocycles. The van der Waals surface area contributed by atoms with Gasteiger partial charge in [0.2, 0.25) is 0 Å². The van der Waals surface area contributed by atoms with Gasteiger partial charge in [-0.3, -0.25) is 0 Å². The molecule has 2 rings (SSSR count). The van der Waals surface area contributed by atoms with E-state index < -0.39 is 5.60 Å². The number of hydrogen-bond acceptors (Lipinski definition) is 3. The summed E-state index contributed by atoms with van der Waals surface area (Å²) in [5.74, 6) is 0.704. The van der Waals surface area contributed by atoms with Gasteiger partial charge >= 0.3 is 0 Å². The van der Waals surface area contributed by atoms with Gasteiger partial charge in [-0.1, -0.05) is 27.2 Å². The minimum absolute atomic E-state index is 0.210. The summed E-state index contributed by atoms with van der Waals surface area (Å²) in [6.07, 6.45) is 7.27. The third kappa shape index (κ3) is 3.05. The number of hydrogen-bond donors (Lipinski definition) is 2. The van der Waals surface area contributed by atoms with Gasteiger partial charge in [0.05, 0.1) is 12.2 Å². The van der Waals surface area contributed by atoms with Gasteiger partial charge in [0, 0.05) is 18.6 Å². The summed E-state index contributed by atoms with van der Waals surface area (Å²) in [4.78, 5) is 0. The van der Waals surface area contributed by atoms with Gasteiger partial charge in [-0.05, 0) is 49.9 Å². The summed E-state index contributed by atoms with van der Waals surface area (Å²) < 4.78 is 5.69. The Labute approximate surface area is 124 Å². The maximum atomic E-state index is 11.4. The van der Waals surface area contributed by atoms with Crippen LogP contribution in [-0.4, -0.2) is 30.5 Å². The first-order valence-corrected chi connectivity index (χ1v) is 8.33. The highest BCUT2D eigenvalue weighted by atomic mass is 16.5. The molecular formula is C17H33NO2. The van der Waals surface area contributed by atoms with Crippen molar-refractivity contribution in [2.45, 2.75) is 71.3 Å². The maximum Gasteiger partial charge on any atom is 0.0738 e. The molecule has 3 heteroatoms. The van der Waals surface area contributed by atoms with E-state index in [9.17, 15) is 5.11 Å². The quantitative estimate of drug-likeness (QED) is 0.766. The highest BCUT2D eigenvalue weighted by Gasteiger charge is 2.51. The van der Waals surface area contributed by atoms with E-state index in [0.29, 0.717) is 24.5 Å². The van der Waals surface area contributed by atoms with Crippen molar-refractivity contribution in [1.82, 2.24) is 0 Å². The number of rotatable bonds is 2. The summed E-state index contributed by atoms with van der Waals surface area (Å²) in [5, 5.41) is 11.4. The van der Waals surface area contributed by atoms with Crippen molar-refractivity contribution in [2.24, 2.45) is 22.5 Å². The molecule has 1 heterocycles. The lowest BCUT2D eigenvalue weighted by molar-refractivity contribution is -0.151. The van der Waals surface area contributed by atoms with Crippen LogP contribution in [0, 0.1) is 16.7 Å². The zero-order valence-corrected chi connectivity index (χ0v) is 13.6. The fourth-order valence-corrected chi connectivity index (χ4v) is 4.29. The monoisotopic (exact) mass is 283 g/mol. The van der Waals surface area contributed by atoms with Crippen LogP contribution in [0.4, 0.5) is 0 Å². The van der Waals surface area contributed by atoms with Crippen molar-refractivity contribution in [1.29, 1.82) is 0 Å². The van der Waals surface area contributed by atoms with Crippen LogP contribution in [0.1, 0.15) is 65.7 Å². The smallest absolute Gasteiger partial charge is 0.0738 e. The second-order valence-electron chi connectivity index (χ2n) is 8.17. The molecule has 118 valence electrons. The summed E-state index contributed by atoms with van der Waals surface area (Å²) in [6, 6.07) is 0. The third-order valence-electron chi connectivity index (χ3n) is 5.97. The van der Waals surface area contributed by atoms with Crippen molar-refractivity contribution in [3.05, 3.63) is 0 Å². The molecule has 3 atom stereocenters. The van der Waals surface area contributed by atoms with Gasteiger partial charge < -0.3 is 15.6 Å². The van der Waals surface area contributed by atoms with Gasteiger partial charge in [0.1, 0.15) is 0 Å². The summed E-state index contributed by atoms with van der Waals surface area (Å²) in [5.41, 5.74) is 5.59. The first-order chi connectivity index (χ1) is 9.33. The average molecular weight is 283 g/mol. The molecule has 2 fully saturated rings. The second kappa shape index (κ2) is 5.94. The molecule has 0 aromatic rings. The van der Waals surface area contributed by atoms with Crippen LogP contribution in [0.3, 0.4) is 0 Å². The Morgan fingerprint density at radius 2 is 1.90 bits per heavy atom. The molecule has 0 radical (unpaired) electrons. The van der Waals surface area contributed by atoms with Gasteiger partial charge in [0.15, 0.2) is 0 Å². The zero-order valence-electron chi connectivity index (χ0n) is 13.6. The maximum absolute atomic E-state index is 11.4. The molecule has 20 heavy (non-hydrogen) atoms. The third-order valence-corrected chi connectivity index (χ3v) is 5.97. The lowest BCUT2D eigenvalue weighted by Crippen LogP contribution is -2.56. The number of nitrogens with two attached hydrogens (primary N) is 1. The van der Waals surface area contributed by atoms with E-state index in [4.69, 9.17) is 10.5 Å². The van der Waals surface area contributed by atoms with Crippen LogP contribution in [0.15, 0.2) is 0 Å². The molecule has 0 spiro atoms. The molecule has 1 saturated carbocycles. The van der Waals surface area contributed by atoms with Crippen molar-refractivity contribution >= 4 is 0 Å². The van der Waals surface area contributed by atoms with Gasteiger partial charge in [-0.15, -0.1) is 0 Å². The van der Waals surface area contributed by atoms with Crippen molar-refractivity contribution in [3.8, 4) is 0 Å². The molecule has 1 aliphatic heterocycles. The summed E-state index contributed by atoms with van der Waals surface area (Å²) in [6.45, 7) is 8.98. The van der Waals surface area contributed by atoms with Crippen LogP contribution < -0.4 is 5.73 Å². The summed E-state index contributed by atoms with van der Waals surface area (Å²) >= 11 is 0. The molecular weight excluding hydrogens is 250 g/mol. The lowest BCUT2D eigenvalue weighted by Gasteiger charge is -2.49. The molecule has 3 unspecified atom stereocenters. The average Bonchev–Trinajstić information content (AvgIpc) is 2.62. The minimum atomic E-state index is -0.623. The first kappa shape index (κ1) is 16.3. The second-order valence-corrected chi connectivity index (χ2v) is 8.17. The molecule has 1 aliphatic carbocycles. The van der Waals surface area contributed by atoms with E-state index in [1.807, 2.05) is 0 Å². The van der Waals surface area contributed by atoms with Crippen LogP contribution in [-0.2, 0) is 4.74 Å². The number of ether oxygens (including phenoxy) is 1.